The van der Waals surface area contributed by atoms with Crippen LogP contribution in [-0.2, 0) is 0 Å². The lowest BCUT2D eigenvalue weighted by molar-refractivity contribution is 0.667. The van der Waals surface area contributed by atoms with E-state index in [0.717, 1.165) is 99.6 Å². The highest BCUT2D eigenvalue weighted by Gasteiger charge is 2.34. The molecule has 4 heterocycles. The van der Waals surface area contributed by atoms with Gasteiger partial charge in [-0.1, -0.05) is 182 Å². The third kappa shape index (κ3) is 5.66. The topological polar surface area (TPSA) is 57.0 Å². The smallest absolute Gasteiger partial charge is 0.180 e. The van der Waals surface area contributed by atoms with Crippen LogP contribution in [0.15, 0.2) is 239 Å². The van der Waals surface area contributed by atoms with Crippen LogP contribution in [0.1, 0.15) is 22.6 Å². The first kappa shape index (κ1) is 38.8. The Bertz CT molecular complexity index is 4340. The number of hydrogen-bond acceptors (Lipinski definition) is 4. The third-order valence-electron chi connectivity index (χ3n) is 14.5. The van der Waals surface area contributed by atoms with E-state index in [1.54, 1.807) is 0 Å². The molecule has 0 bridgehead atoms. The van der Waals surface area contributed by atoms with Crippen molar-refractivity contribution in [2.45, 2.75) is 5.92 Å². The molecule has 0 fully saturated rings. The van der Waals surface area contributed by atoms with Crippen molar-refractivity contribution in [2.24, 2.45) is 0 Å². The van der Waals surface area contributed by atoms with Crippen molar-refractivity contribution in [2.75, 3.05) is 0 Å². The molecule has 1 atom stereocenters. The summed E-state index contributed by atoms with van der Waals surface area (Å²) in [6.07, 6.45) is 0. The summed E-state index contributed by atoms with van der Waals surface area (Å²) in [6, 6.07) is 82.0. The molecular formula is C65H39N3O2. The molecular weight excluding hydrogens is 855 g/mol. The molecule has 1 unspecified atom stereocenters. The zero-order valence-corrected chi connectivity index (χ0v) is 37.7. The van der Waals surface area contributed by atoms with Crippen molar-refractivity contribution in [3.8, 4) is 61.7 Å². The number of aromatic nitrogens is 3. The van der Waals surface area contributed by atoms with Crippen LogP contribution >= 0.6 is 0 Å². The lowest BCUT2D eigenvalue weighted by atomic mass is 9.87. The summed E-state index contributed by atoms with van der Waals surface area (Å²) in [6.45, 7) is 0. The van der Waals surface area contributed by atoms with Crippen LogP contribution in [0, 0.1) is 0 Å². The SMILES string of the molecule is c1ccc(-c2nc(-c3cc(-c4ccccc4)c(-n4c5ccccc5c5c6oc7ccc8c(c7c6ccc54)C(c4ccccc4)c4ccccc4-8)c(-c4ccccc4)c3)c3oc4ccccc4c3n2)cc1. The van der Waals surface area contributed by atoms with Gasteiger partial charge in [0.15, 0.2) is 11.4 Å². The minimum Gasteiger partial charge on any atom is -0.455 e. The van der Waals surface area contributed by atoms with Crippen molar-refractivity contribution in [1.82, 2.24) is 14.5 Å². The van der Waals surface area contributed by atoms with Gasteiger partial charge in [-0.2, -0.15) is 0 Å². The molecule has 1 aliphatic rings. The maximum absolute atomic E-state index is 7.21. The van der Waals surface area contributed by atoms with E-state index in [-0.39, 0.29) is 5.92 Å². The Morgan fingerprint density at radius 1 is 0.386 bits per heavy atom. The van der Waals surface area contributed by atoms with Gasteiger partial charge in [0, 0.05) is 49.7 Å². The molecule has 4 aromatic heterocycles. The van der Waals surface area contributed by atoms with E-state index < -0.39 is 0 Å². The molecule has 326 valence electrons. The van der Waals surface area contributed by atoms with Crippen molar-refractivity contribution in [3.05, 3.63) is 247 Å². The summed E-state index contributed by atoms with van der Waals surface area (Å²) in [4.78, 5) is 10.6. The van der Waals surface area contributed by atoms with Crippen LogP contribution in [0.5, 0.6) is 0 Å². The number of benzene rings is 10. The van der Waals surface area contributed by atoms with Crippen LogP contribution in [0.2, 0.25) is 0 Å². The highest BCUT2D eigenvalue weighted by atomic mass is 16.3. The number of hydrogen-bond donors (Lipinski definition) is 0. The second-order valence-corrected chi connectivity index (χ2v) is 18.3. The van der Waals surface area contributed by atoms with Gasteiger partial charge in [0.1, 0.15) is 28.0 Å². The molecule has 0 saturated heterocycles. The van der Waals surface area contributed by atoms with E-state index in [1.165, 1.54) is 33.2 Å². The summed E-state index contributed by atoms with van der Waals surface area (Å²) in [7, 11) is 0. The Balaban J connectivity index is 1.05. The maximum atomic E-state index is 7.21. The van der Waals surface area contributed by atoms with Crippen LogP contribution in [0.4, 0.5) is 0 Å². The number of fused-ring (bicyclic) bond motifs is 14. The van der Waals surface area contributed by atoms with Gasteiger partial charge < -0.3 is 13.4 Å². The Morgan fingerprint density at radius 2 is 1.00 bits per heavy atom. The molecule has 0 amide bonds. The maximum Gasteiger partial charge on any atom is 0.180 e. The molecule has 0 N–H and O–H groups in total. The average Bonchev–Trinajstić information content (AvgIpc) is 4.19. The first-order valence-electron chi connectivity index (χ1n) is 23.8. The molecule has 14 aromatic rings. The van der Waals surface area contributed by atoms with E-state index in [2.05, 4.69) is 199 Å². The van der Waals surface area contributed by atoms with Gasteiger partial charge >= 0.3 is 0 Å². The highest BCUT2D eigenvalue weighted by molar-refractivity contribution is 6.25. The molecule has 15 rings (SSSR count). The van der Waals surface area contributed by atoms with Gasteiger partial charge in [0.25, 0.3) is 0 Å². The van der Waals surface area contributed by atoms with E-state index >= 15 is 0 Å². The molecule has 70 heavy (non-hydrogen) atoms. The Kier molecular flexibility index (Phi) is 8.36. The zero-order chi connectivity index (χ0) is 45.9. The largest absolute Gasteiger partial charge is 0.455 e. The lowest BCUT2D eigenvalue weighted by Gasteiger charge is -2.21. The number of nitrogens with zero attached hydrogens (tertiary/aromatic N) is 3. The van der Waals surface area contributed by atoms with E-state index in [4.69, 9.17) is 18.8 Å². The molecule has 0 spiro atoms. The molecule has 5 nitrogen and oxygen atoms in total. The fourth-order valence-electron chi connectivity index (χ4n) is 11.5. The fourth-order valence-corrected chi connectivity index (χ4v) is 11.5. The second kappa shape index (κ2) is 15.1. The first-order chi connectivity index (χ1) is 34.7. The van der Waals surface area contributed by atoms with Crippen molar-refractivity contribution >= 4 is 65.8 Å². The minimum atomic E-state index is 0.0776. The molecule has 0 radical (unpaired) electrons. The van der Waals surface area contributed by atoms with Crippen LogP contribution in [0.25, 0.3) is 128 Å². The van der Waals surface area contributed by atoms with E-state index in [1.807, 2.05) is 36.4 Å². The summed E-state index contributed by atoms with van der Waals surface area (Å²) < 4.78 is 16.4. The van der Waals surface area contributed by atoms with Gasteiger partial charge in [0.2, 0.25) is 0 Å². The monoisotopic (exact) mass is 893 g/mol. The number of furan rings is 2. The molecule has 0 aliphatic heterocycles. The molecule has 1 aliphatic carbocycles. The normalized spacial score (nSPS) is 13.3. The van der Waals surface area contributed by atoms with Crippen molar-refractivity contribution in [3.63, 3.8) is 0 Å². The third-order valence-corrected chi connectivity index (χ3v) is 14.5. The Hall–Kier alpha value is -9.32. The molecule has 0 saturated carbocycles. The minimum absolute atomic E-state index is 0.0776. The summed E-state index contributed by atoms with van der Waals surface area (Å²) >= 11 is 0. The number of rotatable bonds is 6. The van der Waals surface area contributed by atoms with Crippen molar-refractivity contribution < 1.29 is 8.83 Å². The van der Waals surface area contributed by atoms with Crippen molar-refractivity contribution in [1.29, 1.82) is 0 Å². The zero-order valence-electron chi connectivity index (χ0n) is 37.7. The summed E-state index contributed by atoms with van der Waals surface area (Å²) in [5.41, 5.74) is 20.5. The van der Waals surface area contributed by atoms with E-state index in [0.29, 0.717) is 11.4 Å². The Morgan fingerprint density at radius 3 is 1.74 bits per heavy atom. The lowest BCUT2D eigenvalue weighted by Crippen LogP contribution is -2.02. The Labute approximate surface area is 402 Å². The molecule has 10 aromatic carbocycles. The average molecular weight is 894 g/mol. The van der Waals surface area contributed by atoms with Crippen LogP contribution in [0.3, 0.4) is 0 Å². The van der Waals surface area contributed by atoms with Gasteiger partial charge in [-0.15, -0.1) is 0 Å². The quantitative estimate of drug-likeness (QED) is 0.167. The van der Waals surface area contributed by atoms with Gasteiger partial charge in [0.05, 0.1) is 22.1 Å². The van der Waals surface area contributed by atoms with Gasteiger partial charge in [-0.25, -0.2) is 9.97 Å². The standard InChI is InChI=1S/C65H39N3O2/c1-5-19-39(20-6-1)50-37-43(60-64-61(48-30-16-18-32-54(48)69-64)67-65(66-60)42-25-11-4-12-26-42)38-51(40-21-7-2-8-22-40)62(50)68-52-31-17-15-29-47(52)57-53(68)35-33-49-58-55(70-63(49)57)36-34-46-44-27-13-14-28-45(44)56(59(46)58)41-23-9-3-10-24-41/h1-38,56H. The number of para-hydroxylation sites is 2. The summed E-state index contributed by atoms with van der Waals surface area (Å²) in [5, 5.41) is 5.45. The molecule has 5 heteroatoms. The summed E-state index contributed by atoms with van der Waals surface area (Å²) in [5.74, 6) is 0.719. The second-order valence-electron chi connectivity index (χ2n) is 18.3. The predicted molar refractivity (Wildman–Crippen MR) is 285 cm³/mol. The van der Waals surface area contributed by atoms with Gasteiger partial charge in [-0.3, -0.25) is 0 Å². The highest BCUT2D eigenvalue weighted by Crippen LogP contribution is 2.54. The van der Waals surface area contributed by atoms with Crippen LogP contribution in [-0.4, -0.2) is 14.5 Å². The van der Waals surface area contributed by atoms with Crippen LogP contribution < -0.4 is 0 Å². The van der Waals surface area contributed by atoms with Gasteiger partial charge in [-0.05, 0) is 87.5 Å². The fraction of sp³-hybridized carbons (Fsp3) is 0.0154. The first-order valence-corrected chi connectivity index (χ1v) is 23.8. The van der Waals surface area contributed by atoms with E-state index in [9.17, 15) is 0 Å². The predicted octanol–water partition coefficient (Wildman–Crippen LogP) is 17.2.